The lowest BCUT2D eigenvalue weighted by Crippen LogP contribution is -3.16. The molecule has 25 heavy (non-hydrogen) atoms. The molecule has 1 unspecified atom stereocenters. The van der Waals surface area contributed by atoms with E-state index in [1.165, 1.54) is 17.0 Å². The molecule has 1 aliphatic rings. The van der Waals surface area contributed by atoms with Crippen LogP contribution < -0.4 is 10.2 Å². The van der Waals surface area contributed by atoms with Crippen LogP contribution in [0.25, 0.3) is 0 Å². The number of quaternary nitrogens is 1. The zero-order chi connectivity index (χ0) is 17.8. The van der Waals surface area contributed by atoms with Crippen molar-refractivity contribution in [2.45, 2.75) is 38.4 Å². The molecule has 4 nitrogen and oxygen atoms in total. The van der Waals surface area contributed by atoms with Crippen molar-refractivity contribution in [1.82, 2.24) is 0 Å². The van der Waals surface area contributed by atoms with Crippen LogP contribution in [0.15, 0.2) is 48.5 Å². The van der Waals surface area contributed by atoms with Crippen LogP contribution >= 0.6 is 0 Å². The summed E-state index contributed by atoms with van der Waals surface area (Å²) < 4.78 is 13.1. The number of carbonyl (C=O) groups excluding carboxylic acids is 1. The molecule has 0 saturated heterocycles. The SMILES string of the molecule is C[C@H](C(=O)Nc1ccc(C#N)cc1)[NH+](Cc1ccc(F)cc1)C1CC1. The van der Waals surface area contributed by atoms with Gasteiger partial charge in [-0.05, 0) is 43.3 Å². The normalized spacial score (nSPS) is 15.9. The Balaban J connectivity index is 1.67. The summed E-state index contributed by atoms with van der Waals surface area (Å²) >= 11 is 0. The van der Waals surface area contributed by atoms with Crippen molar-refractivity contribution in [2.24, 2.45) is 0 Å². The van der Waals surface area contributed by atoms with Gasteiger partial charge in [-0.1, -0.05) is 12.1 Å². The monoisotopic (exact) mass is 338 g/mol. The fourth-order valence-electron chi connectivity index (χ4n) is 2.99. The minimum absolute atomic E-state index is 0.0475. The molecule has 2 N–H and O–H groups in total. The van der Waals surface area contributed by atoms with Crippen LogP contribution in [-0.2, 0) is 11.3 Å². The number of anilines is 1. The van der Waals surface area contributed by atoms with E-state index in [2.05, 4.69) is 11.4 Å². The first kappa shape index (κ1) is 17.1. The maximum Gasteiger partial charge on any atom is 0.282 e. The first-order valence-corrected chi connectivity index (χ1v) is 8.48. The van der Waals surface area contributed by atoms with Crippen LogP contribution in [-0.4, -0.2) is 18.0 Å². The Kier molecular flexibility index (Phi) is 5.11. The molecule has 0 aromatic heterocycles. The summed E-state index contributed by atoms with van der Waals surface area (Å²) in [6.45, 7) is 2.63. The Bertz CT molecular complexity index is 776. The second kappa shape index (κ2) is 7.45. The number of hydrogen-bond donors (Lipinski definition) is 2. The molecule has 128 valence electrons. The molecule has 0 bridgehead atoms. The average Bonchev–Trinajstić information content (AvgIpc) is 3.46. The summed E-state index contributed by atoms with van der Waals surface area (Å²) in [5.74, 6) is -0.294. The van der Waals surface area contributed by atoms with Gasteiger partial charge in [0.1, 0.15) is 12.4 Å². The Morgan fingerprint density at radius 1 is 1.24 bits per heavy atom. The molecule has 2 atom stereocenters. The van der Waals surface area contributed by atoms with Gasteiger partial charge in [0.25, 0.3) is 5.91 Å². The summed E-state index contributed by atoms with van der Waals surface area (Å²) in [6, 6.07) is 15.6. The summed E-state index contributed by atoms with van der Waals surface area (Å²) in [6.07, 6.45) is 2.23. The highest BCUT2D eigenvalue weighted by atomic mass is 19.1. The van der Waals surface area contributed by atoms with Gasteiger partial charge < -0.3 is 10.2 Å². The van der Waals surface area contributed by atoms with Crippen LogP contribution in [0.4, 0.5) is 10.1 Å². The maximum absolute atomic E-state index is 13.1. The van der Waals surface area contributed by atoms with Gasteiger partial charge in [-0.15, -0.1) is 0 Å². The highest BCUT2D eigenvalue weighted by molar-refractivity contribution is 5.93. The Morgan fingerprint density at radius 2 is 1.88 bits per heavy atom. The summed E-state index contributed by atoms with van der Waals surface area (Å²) in [4.78, 5) is 13.8. The number of nitriles is 1. The van der Waals surface area contributed by atoms with Crippen LogP contribution in [0.3, 0.4) is 0 Å². The number of halogens is 1. The van der Waals surface area contributed by atoms with Crippen LogP contribution in [0, 0.1) is 17.1 Å². The number of hydrogen-bond acceptors (Lipinski definition) is 2. The molecule has 0 radical (unpaired) electrons. The largest absolute Gasteiger partial charge is 0.321 e. The molecule has 2 aromatic carbocycles. The highest BCUT2D eigenvalue weighted by Gasteiger charge is 2.39. The molecule has 1 saturated carbocycles. The van der Waals surface area contributed by atoms with Crippen LogP contribution in [0.5, 0.6) is 0 Å². The number of nitrogens with one attached hydrogen (secondary N) is 2. The lowest BCUT2D eigenvalue weighted by molar-refractivity contribution is -0.938. The number of carbonyl (C=O) groups is 1. The molecule has 1 aliphatic carbocycles. The first-order valence-electron chi connectivity index (χ1n) is 8.48. The van der Waals surface area contributed by atoms with Gasteiger partial charge in [0.2, 0.25) is 0 Å². The molecule has 1 fully saturated rings. The standard InChI is InChI=1S/C20H20FN3O/c1-14(20(25)23-18-8-4-15(12-22)5-9-18)24(19-10-11-19)13-16-2-6-17(21)7-3-16/h2-9,14,19H,10-11,13H2,1H3,(H,23,25)/p+1/t14-/m1/s1. The van der Waals surface area contributed by atoms with Crippen LogP contribution in [0.1, 0.15) is 30.9 Å². The molecule has 0 aliphatic heterocycles. The smallest absolute Gasteiger partial charge is 0.282 e. The Morgan fingerprint density at radius 3 is 2.44 bits per heavy atom. The van der Waals surface area contributed by atoms with E-state index in [1.54, 1.807) is 36.4 Å². The van der Waals surface area contributed by atoms with Crippen molar-refractivity contribution in [2.75, 3.05) is 5.32 Å². The zero-order valence-electron chi connectivity index (χ0n) is 14.1. The van der Waals surface area contributed by atoms with E-state index in [0.29, 0.717) is 23.8 Å². The average molecular weight is 338 g/mol. The maximum atomic E-state index is 13.1. The van der Waals surface area contributed by atoms with Gasteiger partial charge in [-0.3, -0.25) is 4.79 Å². The fraction of sp³-hybridized carbons (Fsp3) is 0.300. The quantitative estimate of drug-likeness (QED) is 0.849. The van der Waals surface area contributed by atoms with Gasteiger partial charge >= 0.3 is 0 Å². The van der Waals surface area contributed by atoms with E-state index in [0.717, 1.165) is 18.4 Å². The molecule has 1 amide bonds. The molecule has 3 rings (SSSR count). The van der Waals surface area contributed by atoms with Gasteiger partial charge in [-0.25, -0.2) is 4.39 Å². The predicted molar refractivity (Wildman–Crippen MR) is 93.3 cm³/mol. The summed E-state index contributed by atoms with van der Waals surface area (Å²) in [7, 11) is 0. The van der Waals surface area contributed by atoms with Crippen molar-refractivity contribution >= 4 is 11.6 Å². The van der Waals surface area contributed by atoms with Crippen molar-refractivity contribution in [1.29, 1.82) is 5.26 Å². The van der Waals surface area contributed by atoms with Gasteiger partial charge in [0.05, 0.1) is 17.7 Å². The molecule has 5 heteroatoms. The zero-order valence-corrected chi connectivity index (χ0v) is 14.1. The number of nitrogens with zero attached hydrogens (tertiary/aromatic N) is 1. The second-order valence-corrected chi connectivity index (χ2v) is 6.55. The fourth-order valence-corrected chi connectivity index (χ4v) is 2.99. The molecule has 0 spiro atoms. The van der Waals surface area contributed by atoms with Crippen molar-refractivity contribution in [3.8, 4) is 6.07 Å². The lowest BCUT2D eigenvalue weighted by Gasteiger charge is -2.25. The number of rotatable bonds is 6. The van der Waals surface area contributed by atoms with E-state index in [4.69, 9.17) is 5.26 Å². The van der Waals surface area contributed by atoms with E-state index in [1.807, 2.05) is 6.92 Å². The minimum Gasteiger partial charge on any atom is -0.321 e. The van der Waals surface area contributed by atoms with Gasteiger partial charge in [0.15, 0.2) is 6.04 Å². The molecule has 0 heterocycles. The van der Waals surface area contributed by atoms with E-state index >= 15 is 0 Å². The van der Waals surface area contributed by atoms with Crippen molar-refractivity contribution in [3.63, 3.8) is 0 Å². The molecular formula is C20H21FN3O+. The third-order valence-electron chi connectivity index (χ3n) is 4.65. The second-order valence-electron chi connectivity index (χ2n) is 6.55. The molecule has 2 aromatic rings. The lowest BCUT2D eigenvalue weighted by atomic mass is 10.1. The van der Waals surface area contributed by atoms with Gasteiger partial charge in [-0.2, -0.15) is 5.26 Å². The first-order chi connectivity index (χ1) is 12.1. The third kappa shape index (κ3) is 4.43. The summed E-state index contributed by atoms with van der Waals surface area (Å²) in [5.41, 5.74) is 2.28. The third-order valence-corrected chi connectivity index (χ3v) is 4.65. The topological polar surface area (TPSA) is 57.3 Å². The molecular weight excluding hydrogens is 317 g/mol. The highest BCUT2D eigenvalue weighted by Crippen LogP contribution is 2.17. The number of amides is 1. The van der Waals surface area contributed by atoms with E-state index < -0.39 is 0 Å². The number of benzene rings is 2. The Hall–Kier alpha value is -2.71. The predicted octanol–water partition coefficient (Wildman–Crippen LogP) is 2.27. The van der Waals surface area contributed by atoms with Crippen molar-refractivity contribution in [3.05, 3.63) is 65.5 Å². The van der Waals surface area contributed by atoms with E-state index in [-0.39, 0.29) is 17.8 Å². The Labute approximate surface area is 146 Å². The van der Waals surface area contributed by atoms with Gasteiger partial charge in [0, 0.05) is 24.1 Å². The van der Waals surface area contributed by atoms with E-state index in [9.17, 15) is 9.18 Å². The minimum atomic E-state index is -0.247. The van der Waals surface area contributed by atoms with Crippen molar-refractivity contribution < 1.29 is 14.1 Å². The summed E-state index contributed by atoms with van der Waals surface area (Å²) in [5, 5.41) is 11.8. The van der Waals surface area contributed by atoms with Crippen LogP contribution in [0.2, 0.25) is 0 Å².